The van der Waals surface area contributed by atoms with Crippen molar-refractivity contribution in [3.63, 3.8) is 0 Å². The predicted molar refractivity (Wildman–Crippen MR) is 128 cm³/mol. The summed E-state index contributed by atoms with van der Waals surface area (Å²) in [5.74, 6) is 2.73. The van der Waals surface area contributed by atoms with Gasteiger partial charge in [-0.1, -0.05) is 30.7 Å². The van der Waals surface area contributed by atoms with Crippen LogP contribution in [0.25, 0.3) is 10.2 Å². The summed E-state index contributed by atoms with van der Waals surface area (Å²) in [4.78, 5) is 17.5. The molecule has 0 N–H and O–H groups in total. The van der Waals surface area contributed by atoms with E-state index in [1.54, 1.807) is 0 Å². The number of ether oxygens (including phenoxy) is 1. The Hall–Kier alpha value is -1.73. The fraction of sp³-hybridized carbons (Fsp3) is 0.500. The van der Waals surface area contributed by atoms with Crippen molar-refractivity contribution >= 4 is 39.0 Å². The van der Waals surface area contributed by atoms with Gasteiger partial charge in [-0.05, 0) is 48.4 Å². The maximum atomic E-state index is 6.09. The van der Waals surface area contributed by atoms with Gasteiger partial charge >= 0.3 is 0 Å². The molecular weight excluding hydrogens is 428 g/mol. The molecule has 0 spiro atoms. The fourth-order valence-corrected chi connectivity index (χ4v) is 6.13. The molecule has 0 amide bonds. The van der Waals surface area contributed by atoms with E-state index in [4.69, 9.17) is 26.3 Å². The molecule has 31 heavy (non-hydrogen) atoms. The molecule has 1 saturated heterocycles. The summed E-state index contributed by atoms with van der Waals surface area (Å²) in [6.07, 6.45) is 3.54. The number of aryl methyl sites for hydroxylation is 1. The van der Waals surface area contributed by atoms with Gasteiger partial charge in [-0.3, -0.25) is 4.90 Å². The molecule has 1 atom stereocenters. The average molecular weight is 457 g/mol. The molecule has 0 unspecified atom stereocenters. The third-order valence-electron chi connectivity index (χ3n) is 6.35. The van der Waals surface area contributed by atoms with Crippen molar-refractivity contribution in [3.05, 3.63) is 51.1 Å². The molecule has 2 aliphatic rings. The summed E-state index contributed by atoms with van der Waals surface area (Å²) in [6.45, 7) is 7.39. The third kappa shape index (κ3) is 4.58. The highest BCUT2D eigenvalue weighted by atomic mass is 35.5. The largest absolute Gasteiger partial charge is 0.379 e. The number of hydrogen-bond donors (Lipinski definition) is 0. The Morgan fingerprint density at radius 3 is 2.74 bits per heavy atom. The van der Waals surface area contributed by atoms with Crippen molar-refractivity contribution < 1.29 is 4.74 Å². The molecule has 5 rings (SSSR count). The monoisotopic (exact) mass is 456 g/mol. The number of fused-ring (bicyclic) bond motifs is 3. The van der Waals surface area contributed by atoms with Gasteiger partial charge in [-0.2, -0.15) is 0 Å². The van der Waals surface area contributed by atoms with E-state index < -0.39 is 0 Å². The number of morpholine rings is 1. The van der Waals surface area contributed by atoms with Gasteiger partial charge in [-0.25, -0.2) is 9.97 Å². The molecule has 0 saturated carbocycles. The zero-order valence-corrected chi connectivity index (χ0v) is 19.8. The zero-order valence-electron chi connectivity index (χ0n) is 18.2. The van der Waals surface area contributed by atoms with Crippen LogP contribution in [0.5, 0.6) is 0 Å². The first-order valence-electron chi connectivity index (χ1n) is 11.1. The van der Waals surface area contributed by atoms with Crippen LogP contribution in [-0.4, -0.2) is 48.2 Å². The number of nitrogens with zero attached hydrogens (tertiary/aromatic N) is 4. The Kier molecular flexibility index (Phi) is 6.15. The second-order valence-corrected chi connectivity index (χ2v) is 10.4. The molecule has 1 aliphatic carbocycles. The Morgan fingerprint density at radius 2 is 1.97 bits per heavy atom. The zero-order chi connectivity index (χ0) is 21.4. The average Bonchev–Trinajstić information content (AvgIpc) is 3.12. The van der Waals surface area contributed by atoms with E-state index in [2.05, 4.69) is 35.9 Å². The van der Waals surface area contributed by atoms with E-state index in [0.29, 0.717) is 0 Å². The number of halogens is 1. The van der Waals surface area contributed by atoms with Gasteiger partial charge in [0.25, 0.3) is 0 Å². The normalized spacial score (nSPS) is 19.5. The molecule has 3 heterocycles. The lowest BCUT2D eigenvalue weighted by molar-refractivity contribution is 0.0331. The summed E-state index contributed by atoms with van der Waals surface area (Å²) < 4.78 is 5.51. The minimum absolute atomic E-state index is 0.747. The smallest absolute Gasteiger partial charge is 0.146 e. The Morgan fingerprint density at radius 1 is 1.19 bits per heavy atom. The van der Waals surface area contributed by atoms with Gasteiger partial charge in [0.15, 0.2) is 0 Å². The second-order valence-electron chi connectivity index (χ2n) is 8.87. The Bertz CT molecular complexity index is 1060. The number of hydrogen-bond acceptors (Lipinski definition) is 6. The van der Waals surface area contributed by atoms with Crippen LogP contribution in [0.1, 0.15) is 35.2 Å². The van der Waals surface area contributed by atoms with Crippen molar-refractivity contribution in [1.82, 2.24) is 14.9 Å². The molecule has 3 aromatic rings. The highest BCUT2D eigenvalue weighted by Crippen LogP contribution is 2.41. The molecule has 5 nitrogen and oxygen atoms in total. The van der Waals surface area contributed by atoms with Crippen molar-refractivity contribution in [2.45, 2.75) is 39.3 Å². The Balaban J connectivity index is 1.53. The number of thiophene rings is 1. The first-order chi connectivity index (χ1) is 15.1. The van der Waals surface area contributed by atoms with Gasteiger partial charge in [0.1, 0.15) is 16.5 Å². The molecule has 0 bridgehead atoms. The van der Waals surface area contributed by atoms with Crippen LogP contribution in [-0.2, 0) is 30.7 Å². The molecular formula is C24H29ClN4OS. The molecule has 1 aromatic carbocycles. The fourth-order valence-electron chi connectivity index (χ4n) is 4.61. The molecule has 0 radical (unpaired) electrons. The SMILES string of the molecule is C[C@H]1CCc2c(sc3nc(CN4CCOCC4)nc(N(C)Cc4ccc(Cl)cc4)c23)C1. The van der Waals surface area contributed by atoms with Crippen LogP contribution in [0.4, 0.5) is 5.82 Å². The summed E-state index contributed by atoms with van der Waals surface area (Å²) in [5.41, 5.74) is 2.71. The van der Waals surface area contributed by atoms with Crippen LogP contribution in [0, 0.1) is 5.92 Å². The van der Waals surface area contributed by atoms with E-state index in [-0.39, 0.29) is 0 Å². The minimum atomic E-state index is 0.747. The van der Waals surface area contributed by atoms with Gasteiger partial charge in [0, 0.05) is 36.6 Å². The molecule has 1 fully saturated rings. The highest BCUT2D eigenvalue weighted by molar-refractivity contribution is 7.19. The minimum Gasteiger partial charge on any atom is -0.379 e. The molecule has 1 aliphatic heterocycles. The molecule has 7 heteroatoms. The van der Waals surface area contributed by atoms with Crippen molar-refractivity contribution in [2.24, 2.45) is 5.92 Å². The topological polar surface area (TPSA) is 41.5 Å². The third-order valence-corrected chi connectivity index (χ3v) is 7.75. The van der Waals surface area contributed by atoms with Crippen LogP contribution >= 0.6 is 22.9 Å². The summed E-state index contributed by atoms with van der Waals surface area (Å²) in [5, 5.41) is 2.04. The van der Waals surface area contributed by atoms with E-state index >= 15 is 0 Å². The van der Waals surface area contributed by atoms with E-state index in [0.717, 1.165) is 79.6 Å². The predicted octanol–water partition coefficient (Wildman–Crippen LogP) is 4.94. The second kappa shape index (κ2) is 9.02. The van der Waals surface area contributed by atoms with E-state index in [1.165, 1.54) is 27.8 Å². The lowest BCUT2D eigenvalue weighted by Gasteiger charge is -2.26. The first-order valence-corrected chi connectivity index (χ1v) is 12.3. The van der Waals surface area contributed by atoms with Gasteiger partial charge < -0.3 is 9.64 Å². The van der Waals surface area contributed by atoms with Crippen molar-refractivity contribution in [2.75, 3.05) is 38.3 Å². The first kappa shape index (κ1) is 21.1. The maximum absolute atomic E-state index is 6.09. The van der Waals surface area contributed by atoms with Crippen molar-refractivity contribution in [1.29, 1.82) is 0 Å². The number of aromatic nitrogens is 2. The summed E-state index contributed by atoms with van der Waals surface area (Å²) in [7, 11) is 2.14. The van der Waals surface area contributed by atoms with Gasteiger partial charge in [0.05, 0.1) is 25.1 Å². The quantitative estimate of drug-likeness (QED) is 0.544. The van der Waals surface area contributed by atoms with Crippen molar-refractivity contribution in [3.8, 4) is 0 Å². The lowest BCUT2D eigenvalue weighted by Crippen LogP contribution is -2.36. The van der Waals surface area contributed by atoms with Gasteiger partial charge in [-0.15, -0.1) is 11.3 Å². The van der Waals surface area contributed by atoms with Crippen LogP contribution in [0.15, 0.2) is 24.3 Å². The summed E-state index contributed by atoms with van der Waals surface area (Å²) in [6, 6.07) is 8.10. The number of anilines is 1. The van der Waals surface area contributed by atoms with Crippen LogP contribution < -0.4 is 4.90 Å². The lowest BCUT2D eigenvalue weighted by atomic mass is 9.89. The highest BCUT2D eigenvalue weighted by Gasteiger charge is 2.26. The van der Waals surface area contributed by atoms with E-state index in [1.807, 2.05) is 23.5 Å². The molecule has 164 valence electrons. The number of rotatable bonds is 5. The van der Waals surface area contributed by atoms with E-state index in [9.17, 15) is 0 Å². The maximum Gasteiger partial charge on any atom is 0.146 e. The summed E-state index contributed by atoms with van der Waals surface area (Å²) >= 11 is 7.97. The Labute approximate surface area is 193 Å². The molecule has 2 aromatic heterocycles. The van der Waals surface area contributed by atoms with Gasteiger partial charge in [0.2, 0.25) is 0 Å². The standard InChI is InChI=1S/C24H29ClN4OS/c1-16-3-8-19-20(13-16)31-24-22(19)23(28(2)14-17-4-6-18(25)7-5-17)26-21(27-24)15-29-9-11-30-12-10-29/h4-7,16H,3,8-15H2,1-2H3/t16-/m0/s1. The number of benzene rings is 1. The van der Waals surface area contributed by atoms with Crippen LogP contribution in [0.2, 0.25) is 5.02 Å². The van der Waals surface area contributed by atoms with Crippen LogP contribution in [0.3, 0.4) is 0 Å².